The van der Waals surface area contributed by atoms with Crippen LogP contribution in [0.3, 0.4) is 0 Å². The van der Waals surface area contributed by atoms with Crippen LogP contribution in [0.25, 0.3) is 0 Å². The van der Waals surface area contributed by atoms with Gasteiger partial charge in [0.15, 0.2) is 22.5 Å². The van der Waals surface area contributed by atoms with Gasteiger partial charge in [-0.1, -0.05) is 43.0 Å². The topological polar surface area (TPSA) is 78.3 Å². The highest BCUT2D eigenvalue weighted by atomic mass is 32.2. The van der Waals surface area contributed by atoms with Crippen molar-refractivity contribution in [1.82, 2.24) is 14.8 Å². The van der Waals surface area contributed by atoms with Crippen LogP contribution >= 0.6 is 11.8 Å². The number of nitrogens with zero attached hydrogens (tertiary/aromatic N) is 3. The van der Waals surface area contributed by atoms with Crippen LogP contribution in [0.2, 0.25) is 0 Å². The van der Waals surface area contributed by atoms with Crippen LogP contribution in [0.15, 0.2) is 53.7 Å². The zero-order valence-electron chi connectivity index (χ0n) is 17.4. The van der Waals surface area contributed by atoms with Gasteiger partial charge in [0.25, 0.3) is 0 Å². The molecule has 3 aromatic rings. The predicted octanol–water partition coefficient (Wildman–Crippen LogP) is 4.18. The molecule has 0 aliphatic heterocycles. The number of methoxy groups -OCH3 is 1. The molecule has 1 heterocycles. The highest BCUT2D eigenvalue weighted by Crippen LogP contribution is 2.27. The highest BCUT2D eigenvalue weighted by Gasteiger charge is 2.14. The van der Waals surface area contributed by atoms with Crippen molar-refractivity contribution in [2.24, 2.45) is 0 Å². The van der Waals surface area contributed by atoms with Gasteiger partial charge in [0, 0.05) is 12.2 Å². The third-order valence-corrected chi connectivity index (χ3v) is 5.48. The normalized spacial score (nSPS) is 10.6. The molecule has 1 amide bonds. The minimum atomic E-state index is -0.0817. The summed E-state index contributed by atoms with van der Waals surface area (Å²) >= 11 is 1.35. The number of aryl methyl sites for hydroxylation is 1. The van der Waals surface area contributed by atoms with E-state index < -0.39 is 0 Å². The van der Waals surface area contributed by atoms with Crippen molar-refractivity contribution >= 4 is 23.4 Å². The fraction of sp³-hybridized carbons (Fsp3) is 0.318. The van der Waals surface area contributed by atoms with E-state index in [1.54, 1.807) is 7.11 Å². The molecule has 1 N–H and O–H groups in total. The van der Waals surface area contributed by atoms with Gasteiger partial charge in [0.1, 0.15) is 6.61 Å². The number of hydrogen-bond donors (Lipinski definition) is 1. The maximum absolute atomic E-state index is 12.3. The van der Waals surface area contributed by atoms with Gasteiger partial charge in [-0.2, -0.15) is 0 Å². The summed E-state index contributed by atoms with van der Waals surface area (Å²) in [6.07, 6.45) is 0.972. The van der Waals surface area contributed by atoms with Gasteiger partial charge in [-0.25, -0.2) is 0 Å². The number of para-hydroxylation sites is 2. The molecule has 30 heavy (non-hydrogen) atoms. The number of aromatic nitrogens is 3. The SMILES string of the molecule is CCc1ccc(NC(=O)CSc2nnc(COc3ccccc3OC)n2CC)cc1. The molecule has 0 unspecified atom stereocenters. The molecule has 0 saturated carbocycles. The number of rotatable bonds is 10. The summed E-state index contributed by atoms with van der Waals surface area (Å²) in [5.74, 6) is 2.18. The number of carbonyl (C=O) groups is 1. The monoisotopic (exact) mass is 426 g/mol. The molecule has 3 rings (SSSR count). The number of anilines is 1. The molecule has 2 aromatic carbocycles. The molecule has 0 radical (unpaired) electrons. The lowest BCUT2D eigenvalue weighted by Crippen LogP contribution is -2.15. The van der Waals surface area contributed by atoms with Crippen molar-refractivity contribution in [1.29, 1.82) is 0 Å². The molecule has 0 fully saturated rings. The highest BCUT2D eigenvalue weighted by molar-refractivity contribution is 7.99. The lowest BCUT2D eigenvalue weighted by Gasteiger charge is -2.11. The Morgan fingerprint density at radius 1 is 1.07 bits per heavy atom. The van der Waals surface area contributed by atoms with Crippen molar-refractivity contribution in [3.63, 3.8) is 0 Å². The van der Waals surface area contributed by atoms with Crippen molar-refractivity contribution in [2.45, 2.75) is 38.6 Å². The van der Waals surface area contributed by atoms with E-state index in [1.165, 1.54) is 17.3 Å². The van der Waals surface area contributed by atoms with Gasteiger partial charge >= 0.3 is 0 Å². The predicted molar refractivity (Wildman–Crippen MR) is 118 cm³/mol. The molecule has 0 atom stereocenters. The molecule has 0 aliphatic rings. The first kappa shape index (κ1) is 21.7. The molecule has 0 aliphatic carbocycles. The second-order valence-corrected chi connectivity index (χ2v) is 7.41. The largest absolute Gasteiger partial charge is 0.493 e. The summed E-state index contributed by atoms with van der Waals surface area (Å²) in [5, 5.41) is 12.1. The first-order valence-electron chi connectivity index (χ1n) is 9.84. The van der Waals surface area contributed by atoms with Crippen molar-refractivity contribution in [3.05, 3.63) is 59.9 Å². The number of ether oxygens (including phenoxy) is 2. The molecule has 1 aromatic heterocycles. The van der Waals surface area contributed by atoms with E-state index in [0.29, 0.717) is 29.0 Å². The average molecular weight is 427 g/mol. The van der Waals surface area contributed by atoms with Gasteiger partial charge in [-0.3, -0.25) is 4.79 Å². The number of amides is 1. The summed E-state index contributed by atoms with van der Waals surface area (Å²) in [4.78, 5) is 12.3. The van der Waals surface area contributed by atoms with Crippen molar-refractivity contribution < 1.29 is 14.3 Å². The second-order valence-electron chi connectivity index (χ2n) is 6.47. The maximum Gasteiger partial charge on any atom is 0.234 e. The maximum atomic E-state index is 12.3. The molecule has 158 valence electrons. The van der Waals surface area contributed by atoms with E-state index in [9.17, 15) is 4.79 Å². The summed E-state index contributed by atoms with van der Waals surface area (Å²) in [5.41, 5.74) is 2.03. The fourth-order valence-electron chi connectivity index (χ4n) is 2.88. The summed E-state index contributed by atoms with van der Waals surface area (Å²) in [6, 6.07) is 15.3. The van der Waals surface area contributed by atoms with E-state index in [-0.39, 0.29) is 18.3 Å². The van der Waals surface area contributed by atoms with Gasteiger partial charge in [-0.15, -0.1) is 10.2 Å². The Bertz CT molecular complexity index is 973. The lowest BCUT2D eigenvalue weighted by atomic mass is 10.1. The molecular formula is C22H26N4O3S. The zero-order chi connectivity index (χ0) is 21.3. The molecular weight excluding hydrogens is 400 g/mol. The molecule has 0 saturated heterocycles. The van der Waals surface area contributed by atoms with E-state index in [2.05, 4.69) is 22.4 Å². The standard InChI is InChI=1S/C22H26N4O3S/c1-4-16-10-12-17(13-11-16)23-21(27)15-30-22-25-24-20(26(22)5-2)14-29-19-9-7-6-8-18(19)28-3/h6-13H,4-5,14-15H2,1-3H3,(H,23,27). The van der Waals surface area contributed by atoms with E-state index in [4.69, 9.17) is 9.47 Å². The first-order chi connectivity index (χ1) is 14.6. The Balaban J connectivity index is 1.57. The fourth-order valence-corrected chi connectivity index (χ4v) is 3.70. The number of nitrogens with one attached hydrogen (secondary N) is 1. The minimum Gasteiger partial charge on any atom is -0.493 e. The van der Waals surface area contributed by atoms with Gasteiger partial charge in [-0.05, 0) is 43.2 Å². The van der Waals surface area contributed by atoms with Crippen molar-refractivity contribution in [2.75, 3.05) is 18.2 Å². The number of benzene rings is 2. The van der Waals surface area contributed by atoms with Crippen LogP contribution in [0.5, 0.6) is 11.5 Å². The summed E-state index contributed by atoms with van der Waals surface area (Å²) in [7, 11) is 1.61. The Morgan fingerprint density at radius 3 is 2.47 bits per heavy atom. The summed E-state index contributed by atoms with van der Waals surface area (Å²) < 4.78 is 13.1. The van der Waals surface area contributed by atoms with Crippen LogP contribution in [0.1, 0.15) is 25.2 Å². The Kier molecular flexibility index (Phi) is 7.73. The lowest BCUT2D eigenvalue weighted by molar-refractivity contribution is -0.113. The Labute approximate surface area is 180 Å². The third-order valence-electron chi connectivity index (χ3n) is 4.51. The molecule has 0 bridgehead atoms. The smallest absolute Gasteiger partial charge is 0.234 e. The van der Waals surface area contributed by atoms with E-state index >= 15 is 0 Å². The van der Waals surface area contributed by atoms with Crippen LogP contribution in [-0.2, 0) is 24.4 Å². The van der Waals surface area contributed by atoms with Crippen molar-refractivity contribution in [3.8, 4) is 11.5 Å². The molecule has 8 heteroatoms. The molecule has 7 nitrogen and oxygen atoms in total. The quantitative estimate of drug-likeness (QED) is 0.490. The average Bonchev–Trinajstić information content (AvgIpc) is 3.18. The Morgan fingerprint density at radius 2 is 1.80 bits per heavy atom. The number of hydrogen-bond acceptors (Lipinski definition) is 6. The van der Waals surface area contributed by atoms with Gasteiger partial charge in [0.2, 0.25) is 5.91 Å². The van der Waals surface area contributed by atoms with Crippen LogP contribution in [0.4, 0.5) is 5.69 Å². The second kappa shape index (κ2) is 10.7. The summed E-state index contributed by atoms with van der Waals surface area (Å²) in [6.45, 7) is 5.05. The van der Waals surface area contributed by atoms with E-state index in [1.807, 2.05) is 60.0 Å². The van der Waals surface area contributed by atoms with Gasteiger partial charge in [0.05, 0.1) is 12.9 Å². The van der Waals surface area contributed by atoms with Crippen LogP contribution in [-0.4, -0.2) is 33.5 Å². The number of thioether (sulfide) groups is 1. The zero-order valence-corrected chi connectivity index (χ0v) is 18.2. The van der Waals surface area contributed by atoms with Gasteiger partial charge < -0.3 is 19.4 Å². The third kappa shape index (κ3) is 5.54. The van der Waals surface area contributed by atoms with E-state index in [0.717, 1.165) is 12.1 Å². The molecule has 0 spiro atoms. The Hall–Kier alpha value is -3.00. The van der Waals surface area contributed by atoms with Crippen LogP contribution in [0, 0.1) is 0 Å². The number of carbonyl (C=O) groups excluding carboxylic acids is 1. The minimum absolute atomic E-state index is 0.0817. The first-order valence-corrected chi connectivity index (χ1v) is 10.8. The van der Waals surface area contributed by atoms with Crippen LogP contribution < -0.4 is 14.8 Å².